The zero-order valence-electron chi connectivity index (χ0n) is 9.34. The van der Waals surface area contributed by atoms with Gasteiger partial charge >= 0.3 is 0 Å². The Morgan fingerprint density at radius 3 is 3.18 bits per heavy atom. The van der Waals surface area contributed by atoms with E-state index in [0.717, 1.165) is 0 Å². The van der Waals surface area contributed by atoms with Crippen LogP contribution in [0.2, 0.25) is 0 Å². The number of carbonyl (C=O) groups excluding carboxylic acids is 2. The molecule has 1 aromatic rings. The summed E-state index contributed by atoms with van der Waals surface area (Å²) in [6.45, 7) is 1.91. The average molecular weight is 255 g/mol. The number of nitrogens with one attached hydrogen (secondary N) is 2. The molecule has 0 bridgehead atoms. The van der Waals surface area contributed by atoms with Gasteiger partial charge in [0, 0.05) is 0 Å². The maximum Gasteiger partial charge on any atom is 0.240 e. The molecule has 2 N–H and O–H groups in total. The van der Waals surface area contributed by atoms with Crippen LogP contribution >= 0.6 is 11.8 Å². The van der Waals surface area contributed by atoms with Crippen molar-refractivity contribution in [3.05, 3.63) is 12.2 Å². The summed E-state index contributed by atoms with van der Waals surface area (Å²) in [6.07, 6.45) is 1.39. The number of carbonyl (C=O) groups is 2. The molecule has 0 aromatic carbocycles. The Balaban J connectivity index is 1.83. The van der Waals surface area contributed by atoms with E-state index in [2.05, 4.69) is 20.5 Å². The zero-order chi connectivity index (χ0) is 12.3. The fourth-order valence-corrected chi connectivity index (χ4v) is 2.40. The smallest absolute Gasteiger partial charge is 0.240 e. The van der Waals surface area contributed by atoms with Crippen LogP contribution in [-0.2, 0) is 9.59 Å². The predicted molar refractivity (Wildman–Crippen MR) is 62.0 cm³/mol. The molecular formula is C9H13N5O2S. The summed E-state index contributed by atoms with van der Waals surface area (Å²) in [5.74, 6) is 1.47. The van der Waals surface area contributed by atoms with Crippen LogP contribution in [0.25, 0.3) is 0 Å². The molecule has 17 heavy (non-hydrogen) atoms. The lowest BCUT2D eigenvalue weighted by Gasteiger charge is -2.16. The minimum atomic E-state index is -0.240. The van der Waals surface area contributed by atoms with E-state index in [9.17, 15) is 9.59 Å². The van der Waals surface area contributed by atoms with Gasteiger partial charge in [-0.05, 0) is 6.92 Å². The third-order valence-electron chi connectivity index (χ3n) is 2.38. The van der Waals surface area contributed by atoms with Crippen LogP contribution in [-0.4, -0.2) is 50.1 Å². The minimum absolute atomic E-state index is 0.0115. The normalized spacial score (nSPS) is 17.2. The lowest BCUT2D eigenvalue weighted by atomic mass is 10.3. The standard InChI is InChI=1S/C9H13N5O2S/c1-6(9-10-4-11-13-9)12-7(15)2-14-5-17-3-8(14)16/h4,6H,2-3,5H2,1H3,(H,12,15)(H,10,11,13). The average Bonchev–Trinajstić information content (AvgIpc) is 2.90. The zero-order valence-corrected chi connectivity index (χ0v) is 10.2. The van der Waals surface area contributed by atoms with Gasteiger partial charge in [-0.2, -0.15) is 5.10 Å². The van der Waals surface area contributed by atoms with Gasteiger partial charge in [0.25, 0.3) is 0 Å². The Morgan fingerprint density at radius 2 is 2.59 bits per heavy atom. The van der Waals surface area contributed by atoms with Gasteiger partial charge in [-0.15, -0.1) is 11.8 Å². The van der Waals surface area contributed by atoms with Crippen LogP contribution in [0.1, 0.15) is 18.8 Å². The van der Waals surface area contributed by atoms with E-state index < -0.39 is 0 Å². The number of aromatic amines is 1. The summed E-state index contributed by atoms with van der Waals surface area (Å²) in [6, 6.07) is -0.240. The first-order valence-electron chi connectivity index (χ1n) is 5.17. The van der Waals surface area contributed by atoms with Crippen molar-refractivity contribution in [3.8, 4) is 0 Å². The molecule has 1 unspecified atom stereocenters. The number of aromatic nitrogens is 3. The summed E-state index contributed by atoms with van der Waals surface area (Å²) in [4.78, 5) is 28.5. The molecule has 0 aliphatic carbocycles. The van der Waals surface area contributed by atoms with Crippen molar-refractivity contribution in [2.75, 3.05) is 18.2 Å². The number of hydrogen-bond donors (Lipinski definition) is 2. The van der Waals surface area contributed by atoms with E-state index in [1.807, 2.05) is 0 Å². The second-order valence-electron chi connectivity index (χ2n) is 3.73. The molecule has 0 saturated carbocycles. The first-order valence-corrected chi connectivity index (χ1v) is 6.32. The van der Waals surface area contributed by atoms with Crippen molar-refractivity contribution in [1.82, 2.24) is 25.4 Å². The lowest BCUT2D eigenvalue weighted by Crippen LogP contribution is -2.39. The van der Waals surface area contributed by atoms with Crippen LogP contribution in [0, 0.1) is 0 Å². The molecule has 0 radical (unpaired) electrons. The van der Waals surface area contributed by atoms with Crippen LogP contribution < -0.4 is 5.32 Å². The van der Waals surface area contributed by atoms with E-state index in [1.54, 1.807) is 6.92 Å². The SMILES string of the molecule is CC(NC(=O)CN1CSCC1=O)c1ncn[nH]1. The van der Waals surface area contributed by atoms with Crippen molar-refractivity contribution in [2.24, 2.45) is 0 Å². The van der Waals surface area contributed by atoms with Crippen LogP contribution in [0.15, 0.2) is 6.33 Å². The fraction of sp³-hybridized carbons (Fsp3) is 0.556. The highest BCUT2D eigenvalue weighted by molar-refractivity contribution is 8.00. The van der Waals surface area contributed by atoms with E-state index in [1.165, 1.54) is 23.0 Å². The van der Waals surface area contributed by atoms with Gasteiger partial charge < -0.3 is 10.2 Å². The van der Waals surface area contributed by atoms with E-state index in [4.69, 9.17) is 0 Å². The van der Waals surface area contributed by atoms with Gasteiger partial charge in [-0.25, -0.2) is 4.98 Å². The van der Waals surface area contributed by atoms with Gasteiger partial charge in [-0.1, -0.05) is 0 Å². The number of amides is 2. The second-order valence-corrected chi connectivity index (χ2v) is 4.68. The molecule has 1 atom stereocenters. The van der Waals surface area contributed by atoms with Crippen molar-refractivity contribution in [2.45, 2.75) is 13.0 Å². The first kappa shape index (κ1) is 11.9. The third kappa shape index (κ3) is 2.96. The Labute approximate surface area is 102 Å². The van der Waals surface area contributed by atoms with Crippen molar-refractivity contribution >= 4 is 23.6 Å². The highest BCUT2D eigenvalue weighted by Crippen LogP contribution is 2.14. The fourth-order valence-electron chi connectivity index (χ4n) is 1.49. The first-order chi connectivity index (χ1) is 8.16. The summed E-state index contributed by atoms with van der Waals surface area (Å²) >= 11 is 1.52. The Morgan fingerprint density at radius 1 is 1.76 bits per heavy atom. The predicted octanol–water partition coefficient (Wildman–Crippen LogP) is -0.485. The van der Waals surface area contributed by atoms with Crippen molar-refractivity contribution in [3.63, 3.8) is 0 Å². The maximum absolute atomic E-state index is 11.7. The van der Waals surface area contributed by atoms with Crippen LogP contribution in [0.5, 0.6) is 0 Å². The van der Waals surface area contributed by atoms with Gasteiger partial charge in [-0.3, -0.25) is 14.7 Å². The molecule has 92 valence electrons. The van der Waals surface area contributed by atoms with Gasteiger partial charge in [0.2, 0.25) is 11.8 Å². The molecular weight excluding hydrogens is 242 g/mol. The maximum atomic E-state index is 11.7. The largest absolute Gasteiger partial charge is 0.345 e. The Bertz CT molecular complexity index is 408. The minimum Gasteiger partial charge on any atom is -0.345 e. The monoisotopic (exact) mass is 255 g/mol. The lowest BCUT2D eigenvalue weighted by molar-refractivity contribution is -0.132. The molecule has 1 aliphatic rings. The van der Waals surface area contributed by atoms with Crippen molar-refractivity contribution < 1.29 is 9.59 Å². The molecule has 1 aliphatic heterocycles. The second kappa shape index (κ2) is 5.17. The quantitative estimate of drug-likeness (QED) is 0.758. The number of nitrogens with zero attached hydrogens (tertiary/aromatic N) is 3. The van der Waals surface area contributed by atoms with E-state index in [-0.39, 0.29) is 24.4 Å². The highest BCUT2D eigenvalue weighted by Gasteiger charge is 2.23. The number of H-pyrrole nitrogens is 1. The number of thioether (sulfide) groups is 1. The summed E-state index contributed by atoms with van der Waals surface area (Å²) < 4.78 is 0. The van der Waals surface area contributed by atoms with Gasteiger partial charge in [0.15, 0.2) is 0 Å². The molecule has 2 heterocycles. The molecule has 2 rings (SSSR count). The van der Waals surface area contributed by atoms with Crippen LogP contribution in [0.4, 0.5) is 0 Å². The van der Waals surface area contributed by atoms with Gasteiger partial charge in [0.1, 0.15) is 18.7 Å². The topological polar surface area (TPSA) is 91.0 Å². The Hall–Kier alpha value is -1.57. The van der Waals surface area contributed by atoms with E-state index >= 15 is 0 Å². The molecule has 1 saturated heterocycles. The molecule has 0 spiro atoms. The van der Waals surface area contributed by atoms with Gasteiger partial charge in [0.05, 0.1) is 17.7 Å². The highest BCUT2D eigenvalue weighted by atomic mass is 32.2. The van der Waals surface area contributed by atoms with Crippen LogP contribution in [0.3, 0.4) is 0 Å². The summed E-state index contributed by atoms with van der Waals surface area (Å²) in [5, 5.41) is 9.15. The Kier molecular flexibility index (Phi) is 3.62. The molecule has 8 heteroatoms. The number of hydrogen-bond acceptors (Lipinski definition) is 5. The molecule has 2 amide bonds. The summed E-state index contributed by atoms with van der Waals surface area (Å²) in [5.41, 5.74) is 0. The van der Waals surface area contributed by atoms with E-state index in [0.29, 0.717) is 17.5 Å². The third-order valence-corrected chi connectivity index (χ3v) is 3.33. The number of rotatable bonds is 4. The molecule has 7 nitrogen and oxygen atoms in total. The molecule has 1 aromatic heterocycles. The molecule has 1 fully saturated rings. The van der Waals surface area contributed by atoms with Crippen molar-refractivity contribution in [1.29, 1.82) is 0 Å². The summed E-state index contributed by atoms with van der Waals surface area (Å²) in [7, 11) is 0.